The fourth-order valence-electron chi connectivity index (χ4n) is 2.35. The Morgan fingerprint density at radius 3 is 2.50 bits per heavy atom. The molecule has 88 valence electrons. The highest BCUT2D eigenvalue weighted by Gasteiger charge is 2.31. The Balaban J connectivity index is 2.16. The van der Waals surface area contributed by atoms with Crippen molar-refractivity contribution in [1.29, 1.82) is 0 Å². The highest BCUT2D eigenvalue weighted by atomic mass is 32.2. The molecule has 0 aliphatic heterocycles. The standard InChI is InChI=1S/C12H16O3S/c1-16(13,14)15-12-9-5-8-11(12)10-6-3-2-4-7-10/h2-4,6-7,11-12H,5,8-9H2,1H3. The summed E-state index contributed by atoms with van der Waals surface area (Å²) < 4.78 is 27.4. The number of hydrogen-bond donors (Lipinski definition) is 0. The zero-order chi connectivity index (χ0) is 11.6. The molecule has 0 bridgehead atoms. The van der Waals surface area contributed by atoms with Crippen LogP contribution in [0.25, 0.3) is 0 Å². The fraction of sp³-hybridized carbons (Fsp3) is 0.500. The van der Waals surface area contributed by atoms with Gasteiger partial charge in [0.2, 0.25) is 0 Å². The average molecular weight is 240 g/mol. The first kappa shape index (κ1) is 11.6. The Kier molecular flexibility index (Phi) is 3.30. The van der Waals surface area contributed by atoms with Gasteiger partial charge in [-0.1, -0.05) is 36.8 Å². The predicted octanol–water partition coefficient (Wildman–Crippen LogP) is 2.30. The van der Waals surface area contributed by atoms with Gasteiger partial charge in [0.15, 0.2) is 0 Å². The molecular weight excluding hydrogens is 224 g/mol. The monoisotopic (exact) mass is 240 g/mol. The molecule has 1 aliphatic rings. The first-order valence-corrected chi connectivity index (χ1v) is 7.31. The van der Waals surface area contributed by atoms with Gasteiger partial charge in [-0.3, -0.25) is 4.18 Å². The summed E-state index contributed by atoms with van der Waals surface area (Å²) in [6.45, 7) is 0. The van der Waals surface area contributed by atoms with E-state index in [1.54, 1.807) is 0 Å². The lowest BCUT2D eigenvalue weighted by molar-refractivity contribution is 0.200. The minimum Gasteiger partial charge on any atom is -0.266 e. The Bertz CT molecular complexity index is 439. The summed E-state index contributed by atoms with van der Waals surface area (Å²) in [6.07, 6.45) is 3.79. The van der Waals surface area contributed by atoms with Crippen LogP contribution in [0, 0.1) is 0 Å². The lowest BCUT2D eigenvalue weighted by atomic mass is 9.96. The van der Waals surface area contributed by atoms with Crippen LogP contribution in [-0.2, 0) is 14.3 Å². The van der Waals surface area contributed by atoms with Crippen molar-refractivity contribution < 1.29 is 12.6 Å². The molecule has 0 radical (unpaired) electrons. The molecule has 0 amide bonds. The van der Waals surface area contributed by atoms with Crippen LogP contribution in [0.5, 0.6) is 0 Å². The van der Waals surface area contributed by atoms with Crippen molar-refractivity contribution in [3.05, 3.63) is 35.9 Å². The topological polar surface area (TPSA) is 43.4 Å². The second-order valence-corrected chi connectivity index (χ2v) is 5.89. The van der Waals surface area contributed by atoms with E-state index in [0.717, 1.165) is 25.5 Å². The maximum absolute atomic E-state index is 11.1. The largest absolute Gasteiger partial charge is 0.266 e. The van der Waals surface area contributed by atoms with Crippen LogP contribution in [0.2, 0.25) is 0 Å². The molecule has 0 N–H and O–H groups in total. The molecule has 1 aromatic rings. The maximum Gasteiger partial charge on any atom is 0.264 e. The molecule has 1 saturated carbocycles. The van der Waals surface area contributed by atoms with Crippen LogP contribution in [0.4, 0.5) is 0 Å². The molecule has 1 aromatic carbocycles. The van der Waals surface area contributed by atoms with Crippen molar-refractivity contribution in [2.24, 2.45) is 0 Å². The molecule has 0 spiro atoms. The van der Waals surface area contributed by atoms with E-state index >= 15 is 0 Å². The summed E-state index contributed by atoms with van der Waals surface area (Å²) in [6, 6.07) is 9.99. The average Bonchev–Trinajstić information content (AvgIpc) is 2.64. The maximum atomic E-state index is 11.1. The minimum atomic E-state index is -3.35. The summed E-state index contributed by atoms with van der Waals surface area (Å²) in [5.41, 5.74) is 1.17. The van der Waals surface area contributed by atoms with Gasteiger partial charge in [-0.15, -0.1) is 0 Å². The van der Waals surface area contributed by atoms with Gasteiger partial charge in [0.1, 0.15) is 0 Å². The third kappa shape index (κ3) is 2.83. The molecule has 3 nitrogen and oxygen atoms in total. The summed E-state index contributed by atoms with van der Waals surface area (Å²) >= 11 is 0. The van der Waals surface area contributed by atoms with Crippen LogP contribution >= 0.6 is 0 Å². The SMILES string of the molecule is CS(=O)(=O)OC1CCCC1c1ccccc1. The van der Waals surface area contributed by atoms with Gasteiger partial charge in [0, 0.05) is 5.92 Å². The normalized spacial score (nSPS) is 25.8. The van der Waals surface area contributed by atoms with E-state index in [2.05, 4.69) is 0 Å². The first-order valence-electron chi connectivity index (χ1n) is 5.49. The van der Waals surface area contributed by atoms with Crippen LogP contribution < -0.4 is 0 Å². The highest BCUT2D eigenvalue weighted by Crippen LogP contribution is 2.37. The van der Waals surface area contributed by atoms with Gasteiger partial charge in [-0.25, -0.2) is 0 Å². The van der Waals surface area contributed by atoms with Crippen molar-refractivity contribution in [3.63, 3.8) is 0 Å². The Hall–Kier alpha value is -0.870. The van der Waals surface area contributed by atoms with Crippen LogP contribution in [0.3, 0.4) is 0 Å². The van der Waals surface area contributed by atoms with Crippen LogP contribution in [0.1, 0.15) is 30.7 Å². The third-order valence-corrected chi connectivity index (χ3v) is 3.58. The molecule has 2 atom stereocenters. The van der Waals surface area contributed by atoms with Crippen molar-refractivity contribution in [1.82, 2.24) is 0 Å². The van der Waals surface area contributed by atoms with E-state index in [1.807, 2.05) is 30.3 Å². The molecule has 0 aromatic heterocycles. The second-order valence-electron chi connectivity index (χ2n) is 4.29. The first-order chi connectivity index (χ1) is 7.56. The van der Waals surface area contributed by atoms with Gasteiger partial charge in [0.05, 0.1) is 12.4 Å². The zero-order valence-electron chi connectivity index (χ0n) is 9.30. The van der Waals surface area contributed by atoms with E-state index < -0.39 is 10.1 Å². The summed E-state index contributed by atoms with van der Waals surface area (Å²) in [4.78, 5) is 0. The minimum absolute atomic E-state index is 0.183. The third-order valence-electron chi connectivity index (χ3n) is 2.98. The van der Waals surface area contributed by atoms with Gasteiger partial charge >= 0.3 is 0 Å². The van der Waals surface area contributed by atoms with Crippen LogP contribution in [0.15, 0.2) is 30.3 Å². The molecule has 1 fully saturated rings. The second kappa shape index (κ2) is 4.55. The molecule has 16 heavy (non-hydrogen) atoms. The van der Waals surface area contributed by atoms with Gasteiger partial charge in [0.25, 0.3) is 10.1 Å². The van der Waals surface area contributed by atoms with E-state index in [9.17, 15) is 8.42 Å². The van der Waals surface area contributed by atoms with Crippen molar-refractivity contribution >= 4 is 10.1 Å². The number of hydrogen-bond acceptors (Lipinski definition) is 3. The lowest BCUT2D eigenvalue weighted by Gasteiger charge is -2.18. The zero-order valence-corrected chi connectivity index (χ0v) is 10.1. The fourth-order valence-corrected chi connectivity index (χ4v) is 3.03. The molecular formula is C12H16O3S. The van der Waals surface area contributed by atoms with Gasteiger partial charge < -0.3 is 0 Å². The quantitative estimate of drug-likeness (QED) is 0.761. The Morgan fingerprint density at radius 2 is 1.88 bits per heavy atom. The number of rotatable bonds is 3. The summed E-state index contributed by atoms with van der Waals surface area (Å²) in [5, 5.41) is 0. The predicted molar refractivity (Wildman–Crippen MR) is 62.8 cm³/mol. The van der Waals surface area contributed by atoms with Gasteiger partial charge in [-0.2, -0.15) is 8.42 Å². The molecule has 4 heteroatoms. The van der Waals surface area contributed by atoms with Gasteiger partial charge in [-0.05, 0) is 18.4 Å². The number of benzene rings is 1. The van der Waals surface area contributed by atoms with Crippen LogP contribution in [-0.4, -0.2) is 20.8 Å². The summed E-state index contributed by atoms with van der Waals surface area (Å²) in [5.74, 6) is 0.218. The Morgan fingerprint density at radius 1 is 1.19 bits per heavy atom. The van der Waals surface area contributed by atoms with E-state index in [-0.39, 0.29) is 12.0 Å². The molecule has 2 rings (SSSR count). The molecule has 0 saturated heterocycles. The van der Waals surface area contributed by atoms with Crippen molar-refractivity contribution in [3.8, 4) is 0 Å². The highest BCUT2D eigenvalue weighted by molar-refractivity contribution is 7.86. The molecule has 2 unspecified atom stereocenters. The smallest absolute Gasteiger partial charge is 0.264 e. The molecule has 0 heterocycles. The van der Waals surface area contributed by atoms with E-state index in [4.69, 9.17) is 4.18 Å². The van der Waals surface area contributed by atoms with E-state index in [1.165, 1.54) is 5.56 Å². The summed E-state index contributed by atoms with van der Waals surface area (Å²) in [7, 11) is -3.35. The molecule has 1 aliphatic carbocycles. The van der Waals surface area contributed by atoms with Crippen molar-refractivity contribution in [2.45, 2.75) is 31.3 Å². The Labute approximate surface area is 96.6 Å². The lowest BCUT2D eigenvalue weighted by Crippen LogP contribution is -2.20. The van der Waals surface area contributed by atoms with Crippen molar-refractivity contribution in [2.75, 3.05) is 6.26 Å². The van der Waals surface area contributed by atoms with E-state index in [0.29, 0.717) is 0 Å².